The molecule has 2 nitrogen and oxygen atoms in total. The van der Waals surface area contributed by atoms with E-state index in [0.717, 1.165) is 18.6 Å². The van der Waals surface area contributed by atoms with Gasteiger partial charge in [0.15, 0.2) is 5.01 Å². The zero-order valence-electron chi connectivity index (χ0n) is 6.47. The maximum Gasteiger partial charge on any atom is 0.156 e. The number of ketones is 1. The first-order valence-electron chi connectivity index (χ1n) is 3.67. The van der Waals surface area contributed by atoms with E-state index in [1.54, 1.807) is 6.92 Å². The summed E-state index contributed by atoms with van der Waals surface area (Å²) in [5, 5.41) is 0.129. The van der Waals surface area contributed by atoms with Crippen LogP contribution in [-0.2, 0) is 9.53 Å². The van der Waals surface area contributed by atoms with Crippen molar-refractivity contribution in [1.82, 2.24) is 0 Å². The molecule has 62 valence electrons. The van der Waals surface area contributed by atoms with Crippen LogP contribution in [0.3, 0.4) is 0 Å². The van der Waals surface area contributed by atoms with Gasteiger partial charge in [0.1, 0.15) is 5.78 Å². The van der Waals surface area contributed by atoms with Gasteiger partial charge in [0.2, 0.25) is 0 Å². The third-order valence-electron chi connectivity index (χ3n) is 1.53. The Kier molecular flexibility index (Phi) is 3.12. The quantitative estimate of drug-likeness (QED) is 0.681. The van der Waals surface area contributed by atoms with E-state index in [2.05, 4.69) is 15.9 Å². The van der Waals surface area contributed by atoms with Crippen molar-refractivity contribution >= 4 is 21.7 Å². The Morgan fingerprint density at radius 3 is 3.09 bits per heavy atom. The van der Waals surface area contributed by atoms with Gasteiger partial charge in [-0.05, 0) is 28.9 Å². The highest BCUT2D eigenvalue weighted by atomic mass is 79.9. The second-order valence-corrected chi connectivity index (χ2v) is 3.66. The van der Waals surface area contributed by atoms with Crippen molar-refractivity contribution in [3.05, 3.63) is 11.8 Å². The number of rotatable bonds is 3. The minimum atomic E-state index is 0.129. The summed E-state index contributed by atoms with van der Waals surface area (Å²) in [7, 11) is 0. The SMILES string of the molecule is CC(=O)CCC1=CCC(Br)O1. The third-order valence-corrected chi connectivity index (χ3v) is 2.09. The number of Topliss-reactive ketones (excluding diaryl/α,β-unsaturated/α-hetero) is 1. The molecule has 0 bridgehead atoms. The number of halogens is 1. The van der Waals surface area contributed by atoms with E-state index in [1.807, 2.05) is 6.08 Å². The van der Waals surface area contributed by atoms with Gasteiger partial charge in [-0.3, -0.25) is 0 Å². The molecular weight excluding hydrogens is 208 g/mol. The molecular formula is C8H11BrO2. The van der Waals surface area contributed by atoms with Crippen LogP contribution in [0.25, 0.3) is 0 Å². The number of hydrogen-bond donors (Lipinski definition) is 0. The van der Waals surface area contributed by atoms with E-state index in [-0.39, 0.29) is 10.8 Å². The second-order valence-electron chi connectivity index (χ2n) is 2.64. The van der Waals surface area contributed by atoms with Crippen LogP contribution in [0.5, 0.6) is 0 Å². The Labute approximate surface area is 74.7 Å². The van der Waals surface area contributed by atoms with E-state index in [0.29, 0.717) is 6.42 Å². The molecule has 0 fully saturated rings. The molecule has 1 atom stereocenters. The molecule has 0 spiro atoms. The monoisotopic (exact) mass is 218 g/mol. The van der Waals surface area contributed by atoms with Crippen molar-refractivity contribution in [3.8, 4) is 0 Å². The minimum Gasteiger partial charge on any atom is -0.484 e. The van der Waals surface area contributed by atoms with Gasteiger partial charge < -0.3 is 9.53 Å². The number of ether oxygens (including phenoxy) is 1. The van der Waals surface area contributed by atoms with Gasteiger partial charge in [0, 0.05) is 19.3 Å². The molecule has 1 unspecified atom stereocenters. The van der Waals surface area contributed by atoms with Gasteiger partial charge in [-0.25, -0.2) is 0 Å². The summed E-state index contributed by atoms with van der Waals surface area (Å²) in [5.74, 6) is 1.16. The number of carbonyl (C=O) groups excluding carboxylic acids is 1. The molecule has 11 heavy (non-hydrogen) atoms. The van der Waals surface area contributed by atoms with Gasteiger partial charge in [-0.15, -0.1) is 0 Å². The molecule has 0 aromatic carbocycles. The van der Waals surface area contributed by atoms with Gasteiger partial charge >= 0.3 is 0 Å². The third kappa shape index (κ3) is 3.06. The van der Waals surface area contributed by atoms with Crippen LogP contribution in [0.1, 0.15) is 26.2 Å². The van der Waals surface area contributed by atoms with Crippen molar-refractivity contribution in [2.75, 3.05) is 0 Å². The van der Waals surface area contributed by atoms with Gasteiger partial charge in [-0.2, -0.15) is 0 Å². The molecule has 0 radical (unpaired) electrons. The van der Waals surface area contributed by atoms with Crippen molar-refractivity contribution in [3.63, 3.8) is 0 Å². The van der Waals surface area contributed by atoms with Crippen LogP contribution in [0.15, 0.2) is 11.8 Å². The molecule has 0 aromatic heterocycles. The Morgan fingerprint density at radius 1 is 1.91 bits per heavy atom. The topological polar surface area (TPSA) is 26.3 Å². The summed E-state index contributed by atoms with van der Waals surface area (Å²) < 4.78 is 5.34. The van der Waals surface area contributed by atoms with Gasteiger partial charge in [-0.1, -0.05) is 0 Å². The number of carbonyl (C=O) groups is 1. The molecule has 0 N–H and O–H groups in total. The highest BCUT2D eigenvalue weighted by Gasteiger charge is 2.14. The Hall–Kier alpha value is -0.310. The summed E-state index contributed by atoms with van der Waals surface area (Å²) in [5.41, 5.74) is 0. The predicted octanol–water partition coefficient (Wildman–Crippen LogP) is 2.38. The van der Waals surface area contributed by atoms with E-state index >= 15 is 0 Å². The fourth-order valence-electron chi connectivity index (χ4n) is 0.945. The zero-order chi connectivity index (χ0) is 8.27. The average Bonchev–Trinajstić information content (AvgIpc) is 2.31. The van der Waals surface area contributed by atoms with Crippen molar-refractivity contribution in [1.29, 1.82) is 0 Å². The second kappa shape index (κ2) is 3.90. The summed E-state index contributed by atoms with van der Waals surface area (Å²) >= 11 is 3.33. The van der Waals surface area contributed by atoms with E-state index in [1.165, 1.54) is 0 Å². The summed E-state index contributed by atoms with van der Waals surface area (Å²) in [6, 6.07) is 0. The number of hydrogen-bond acceptors (Lipinski definition) is 2. The average molecular weight is 219 g/mol. The molecule has 1 aliphatic rings. The molecule has 1 heterocycles. The largest absolute Gasteiger partial charge is 0.484 e. The normalized spacial score (nSPS) is 22.7. The Morgan fingerprint density at radius 2 is 2.64 bits per heavy atom. The van der Waals surface area contributed by atoms with E-state index < -0.39 is 0 Å². The summed E-state index contributed by atoms with van der Waals surface area (Å²) in [6.45, 7) is 1.60. The standard InChI is InChI=1S/C8H11BrO2/c1-6(10)2-3-7-4-5-8(9)11-7/h4,8H,2-3,5H2,1H3. The molecule has 1 rings (SSSR count). The van der Waals surface area contributed by atoms with Crippen LogP contribution in [-0.4, -0.2) is 10.8 Å². The van der Waals surface area contributed by atoms with E-state index in [9.17, 15) is 4.79 Å². The smallest absolute Gasteiger partial charge is 0.156 e. The lowest BCUT2D eigenvalue weighted by molar-refractivity contribution is -0.117. The lowest BCUT2D eigenvalue weighted by Crippen LogP contribution is -1.96. The highest BCUT2D eigenvalue weighted by Crippen LogP contribution is 2.24. The van der Waals surface area contributed by atoms with Gasteiger partial charge in [0.05, 0.1) is 5.76 Å². The lowest BCUT2D eigenvalue weighted by Gasteiger charge is -2.04. The maximum atomic E-state index is 10.6. The first-order valence-corrected chi connectivity index (χ1v) is 4.59. The van der Waals surface area contributed by atoms with Crippen molar-refractivity contribution in [2.24, 2.45) is 0 Å². The van der Waals surface area contributed by atoms with E-state index in [4.69, 9.17) is 4.74 Å². The highest BCUT2D eigenvalue weighted by molar-refractivity contribution is 9.09. The maximum absolute atomic E-state index is 10.6. The minimum absolute atomic E-state index is 0.129. The first-order chi connectivity index (χ1) is 5.18. The molecule has 0 saturated carbocycles. The van der Waals surface area contributed by atoms with Gasteiger partial charge in [0.25, 0.3) is 0 Å². The fraction of sp³-hybridized carbons (Fsp3) is 0.625. The Balaban J connectivity index is 2.23. The van der Waals surface area contributed by atoms with Crippen LogP contribution in [0.4, 0.5) is 0 Å². The van der Waals surface area contributed by atoms with Crippen molar-refractivity contribution in [2.45, 2.75) is 31.2 Å². The number of alkyl halides is 1. The van der Waals surface area contributed by atoms with Crippen LogP contribution in [0, 0.1) is 0 Å². The lowest BCUT2D eigenvalue weighted by atomic mass is 10.2. The molecule has 0 saturated heterocycles. The predicted molar refractivity (Wildman–Crippen MR) is 46.4 cm³/mol. The summed E-state index contributed by atoms with van der Waals surface area (Å²) in [6.07, 6.45) is 4.28. The van der Waals surface area contributed by atoms with Crippen LogP contribution < -0.4 is 0 Å². The van der Waals surface area contributed by atoms with Crippen molar-refractivity contribution < 1.29 is 9.53 Å². The summed E-state index contributed by atoms with van der Waals surface area (Å²) in [4.78, 5) is 10.6. The van der Waals surface area contributed by atoms with Crippen LogP contribution >= 0.6 is 15.9 Å². The molecule has 3 heteroatoms. The zero-order valence-corrected chi connectivity index (χ0v) is 8.06. The fourth-order valence-corrected chi connectivity index (χ4v) is 1.37. The molecule has 0 aliphatic carbocycles. The molecule has 1 aliphatic heterocycles. The Bertz CT molecular complexity index is 187. The first kappa shape index (κ1) is 8.78. The molecule has 0 amide bonds. The molecule has 0 aromatic rings. The van der Waals surface area contributed by atoms with Crippen LogP contribution in [0.2, 0.25) is 0 Å². The number of allylic oxidation sites excluding steroid dienone is 1.